The van der Waals surface area contributed by atoms with Gasteiger partial charge in [-0.15, -0.1) is 0 Å². The second kappa shape index (κ2) is 6.43. The fourth-order valence-electron chi connectivity index (χ4n) is 2.89. The summed E-state index contributed by atoms with van der Waals surface area (Å²) in [5.41, 5.74) is 0.664. The zero-order valence-electron chi connectivity index (χ0n) is 11.5. The Balaban J connectivity index is 2.10. The van der Waals surface area contributed by atoms with Crippen LogP contribution in [0.3, 0.4) is 0 Å². The lowest BCUT2D eigenvalue weighted by atomic mass is 9.90. The first-order valence-corrected chi connectivity index (χ1v) is 7.92. The first-order chi connectivity index (χ1) is 9.17. The fraction of sp³-hybridized carbons (Fsp3) is 0.562. The van der Waals surface area contributed by atoms with Gasteiger partial charge in [0.1, 0.15) is 5.54 Å². The van der Waals surface area contributed by atoms with Gasteiger partial charge in [0.05, 0.1) is 6.07 Å². The van der Waals surface area contributed by atoms with Crippen molar-refractivity contribution in [2.24, 2.45) is 5.92 Å². The van der Waals surface area contributed by atoms with Crippen molar-refractivity contribution in [2.75, 3.05) is 5.32 Å². The average Bonchev–Trinajstić information content (AvgIpc) is 2.64. The number of anilines is 1. The van der Waals surface area contributed by atoms with E-state index in [4.69, 9.17) is 0 Å². The van der Waals surface area contributed by atoms with Crippen LogP contribution in [-0.2, 0) is 0 Å². The average molecular weight is 321 g/mol. The van der Waals surface area contributed by atoms with E-state index in [2.05, 4.69) is 34.2 Å². The van der Waals surface area contributed by atoms with Gasteiger partial charge < -0.3 is 5.32 Å². The minimum absolute atomic E-state index is 0.377. The predicted octanol–water partition coefficient (Wildman–Crippen LogP) is 5.11. The van der Waals surface area contributed by atoms with E-state index in [-0.39, 0.29) is 5.54 Å². The van der Waals surface area contributed by atoms with Crippen LogP contribution in [0.5, 0.6) is 0 Å². The van der Waals surface area contributed by atoms with Crippen molar-refractivity contribution in [3.63, 3.8) is 0 Å². The molecule has 0 aliphatic heterocycles. The summed E-state index contributed by atoms with van der Waals surface area (Å²) in [7, 11) is 0. The molecule has 0 heterocycles. The molecule has 0 aromatic heterocycles. The third kappa shape index (κ3) is 3.73. The normalized spacial score (nSPS) is 27.3. The highest BCUT2D eigenvalue weighted by atomic mass is 79.9. The topological polar surface area (TPSA) is 35.8 Å². The zero-order valence-corrected chi connectivity index (χ0v) is 13.0. The number of hydrogen-bond acceptors (Lipinski definition) is 2. The molecule has 2 rings (SSSR count). The Morgan fingerprint density at radius 3 is 2.68 bits per heavy atom. The monoisotopic (exact) mass is 320 g/mol. The standard InChI is InChI=1S/C16H21BrN2/c1-2-13-4-3-10-16(12-18,11-9-13)19-15-7-5-14(17)6-8-15/h5-8,13,19H,2-4,9-11H2,1H3. The van der Waals surface area contributed by atoms with Crippen LogP contribution in [0.4, 0.5) is 5.69 Å². The van der Waals surface area contributed by atoms with E-state index in [9.17, 15) is 5.26 Å². The first kappa shape index (κ1) is 14.4. The summed E-state index contributed by atoms with van der Waals surface area (Å²) in [6.45, 7) is 2.26. The van der Waals surface area contributed by atoms with Crippen molar-refractivity contribution < 1.29 is 0 Å². The van der Waals surface area contributed by atoms with Crippen LogP contribution in [-0.4, -0.2) is 5.54 Å². The highest BCUT2D eigenvalue weighted by Gasteiger charge is 2.32. The van der Waals surface area contributed by atoms with Crippen LogP contribution < -0.4 is 5.32 Å². The number of nitrogens with one attached hydrogen (secondary N) is 1. The summed E-state index contributed by atoms with van der Waals surface area (Å²) < 4.78 is 1.07. The van der Waals surface area contributed by atoms with E-state index in [1.807, 2.05) is 24.3 Å². The summed E-state index contributed by atoms with van der Waals surface area (Å²) in [5.74, 6) is 0.793. The summed E-state index contributed by atoms with van der Waals surface area (Å²) >= 11 is 3.44. The van der Waals surface area contributed by atoms with Gasteiger partial charge in [-0.1, -0.05) is 35.7 Å². The van der Waals surface area contributed by atoms with E-state index < -0.39 is 0 Å². The molecular weight excluding hydrogens is 300 g/mol. The van der Waals surface area contributed by atoms with Gasteiger partial charge >= 0.3 is 0 Å². The minimum Gasteiger partial charge on any atom is -0.367 e. The van der Waals surface area contributed by atoms with E-state index >= 15 is 0 Å². The number of benzene rings is 1. The molecule has 1 aromatic carbocycles. The van der Waals surface area contributed by atoms with E-state index in [0.717, 1.165) is 41.8 Å². The molecule has 1 fully saturated rings. The molecule has 0 amide bonds. The highest BCUT2D eigenvalue weighted by molar-refractivity contribution is 9.10. The Morgan fingerprint density at radius 1 is 1.32 bits per heavy atom. The van der Waals surface area contributed by atoms with Crippen molar-refractivity contribution in [2.45, 2.75) is 51.0 Å². The van der Waals surface area contributed by atoms with E-state index in [0.29, 0.717) is 0 Å². The van der Waals surface area contributed by atoms with Crippen LogP contribution >= 0.6 is 15.9 Å². The van der Waals surface area contributed by atoms with Crippen molar-refractivity contribution in [1.29, 1.82) is 5.26 Å². The number of hydrogen-bond donors (Lipinski definition) is 1. The van der Waals surface area contributed by atoms with Gasteiger partial charge in [-0.25, -0.2) is 0 Å². The molecule has 0 saturated heterocycles. The minimum atomic E-state index is -0.377. The number of halogens is 1. The summed E-state index contributed by atoms with van der Waals surface area (Å²) in [6, 6.07) is 10.6. The fourth-order valence-corrected chi connectivity index (χ4v) is 3.16. The van der Waals surface area contributed by atoms with Crippen molar-refractivity contribution >= 4 is 21.6 Å². The molecule has 0 spiro atoms. The van der Waals surface area contributed by atoms with Crippen molar-refractivity contribution in [1.82, 2.24) is 0 Å². The molecule has 1 aliphatic carbocycles. The molecule has 1 aliphatic rings. The molecule has 1 N–H and O–H groups in total. The molecular formula is C16H21BrN2. The highest BCUT2D eigenvalue weighted by Crippen LogP contribution is 2.34. The third-order valence-electron chi connectivity index (χ3n) is 4.21. The maximum atomic E-state index is 9.62. The molecule has 2 unspecified atom stereocenters. The van der Waals surface area contributed by atoms with Crippen LogP contribution in [0.25, 0.3) is 0 Å². The zero-order chi connectivity index (χ0) is 13.7. The van der Waals surface area contributed by atoms with Crippen LogP contribution in [0.2, 0.25) is 0 Å². The lowest BCUT2D eigenvalue weighted by Crippen LogP contribution is -2.36. The van der Waals surface area contributed by atoms with Gasteiger partial charge in [0.15, 0.2) is 0 Å². The molecule has 2 atom stereocenters. The van der Waals surface area contributed by atoms with E-state index in [1.165, 1.54) is 12.8 Å². The Kier molecular flexibility index (Phi) is 4.87. The lowest BCUT2D eigenvalue weighted by molar-refractivity contribution is 0.436. The molecule has 3 heteroatoms. The second-order valence-electron chi connectivity index (χ2n) is 5.53. The smallest absolute Gasteiger partial charge is 0.125 e. The van der Waals surface area contributed by atoms with Gasteiger partial charge in [-0.05, 0) is 55.9 Å². The predicted molar refractivity (Wildman–Crippen MR) is 83.0 cm³/mol. The third-order valence-corrected chi connectivity index (χ3v) is 4.74. The van der Waals surface area contributed by atoms with Crippen LogP contribution in [0, 0.1) is 17.2 Å². The Morgan fingerprint density at radius 2 is 2.05 bits per heavy atom. The first-order valence-electron chi connectivity index (χ1n) is 7.12. The van der Waals surface area contributed by atoms with Crippen LogP contribution in [0.15, 0.2) is 28.7 Å². The summed E-state index contributed by atoms with van der Waals surface area (Å²) in [4.78, 5) is 0. The number of rotatable bonds is 3. The maximum absolute atomic E-state index is 9.62. The quantitative estimate of drug-likeness (QED) is 0.785. The number of nitrogens with zero attached hydrogens (tertiary/aromatic N) is 1. The van der Waals surface area contributed by atoms with Crippen molar-refractivity contribution in [3.05, 3.63) is 28.7 Å². The Hall–Kier alpha value is -1.01. The molecule has 102 valence electrons. The summed E-state index contributed by atoms with van der Waals surface area (Å²) in [5, 5.41) is 13.1. The summed E-state index contributed by atoms with van der Waals surface area (Å²) in [6.07, 6.45) is 6.72. The van der Waals surface area contributed by atoms with Gasteiger partial charge in [0, 0.05) is 10.2 Å². The van der Waals surface area contributed by atoms with Gasteiger partial charge in [0.25, 0.3) is 0 Å². The Labute approximate surface area is 124 Å². The lowest BCUT2D eigenvalue weighted by Gasteiger charge is -2.27. The van der Waals surface area contributed by atoms with Crippen molar-refractivity contribution in [3.8, 4) is 6.07 Å². The molecule has 2 nitrogen and oxygen atoms in total. The molecule has 19 heavy (non-hydrogen) atoms. The number of nitriles is 1. The van der Waals surface area contributed by atoms with Gasteiger partial charge in [0.2, 0.25) is 0 Å². The molecule has 0 radical (unpaired) electrons. The molecule has 1 saturated carbocycles. The molecule has 1 aromatic rings. The Bertz CT molecular complexity index is 449. The SMILES string of the molecule is CCC1CCCC(C#N)(Nc2ccc(Br)cc2)CC1. The maximum Gasteiger partial charge on any atom is 0.125 e. The largest absolute Gasteiger partial charge is 0.367 e. The second-order valence-corrected chi connectivity index (χ2v) is 6.45. The van der Waals surface area contributed by atoms with Gasteiger partial charge in [-0.3, -0.25) is 0 Å². The van der Waals surface area contributed by atoms with Crippen LogP contribution in [0.1, 0.15) is 45.4 Å². The van der Waals surface area contributed by atoms with E-state index in [1.54, 1.807) is 0 Å². The van der Waals surface area contributed by atoms with Gasteiger partial charge in [-0.2, -0.15) is 5.26 Å². The molecule has 0 bridgehead atoms.